The molecular formula is C32H35N3O2. The van der Waals surface area contributed by atoms with E-state index in [2.05, 4.69) is 52.6 Å². The van der Waals surface area contributed by atoms with Gasteiger partial charge in [0.2, 0.25) is 0 Å². The normalized spacial score (nSPS) is 26.3. The minimum atomic E-state index is 0.315. The molecule has 2 heterocycles. The van der Waals surface area contributed by atoms with E-state index in [9.17, 15) is 4.79 Å². The van der Waals surface area contributed by atoms with Crippen LogP contribution in [0.5, 0.6) is 0 Å². The lowest BCUT2D eigenvalue weighted by atomic mass is 9.48. The lowest BCUT2D eigenvalue weighted by molar-refractivity contribution is -0.126. The first-order valence-electron chi connectivity index (χ1n) is 13.9. The molecule has 0 unspecified atom stereocenters. The van der Waals surface area contributed by atoms with Crippen molar-refractivity contribution < 1.29 is 9.32 Å². The van der Waals surface area contributed by atoms with Crippen LogP contribution in [0.1, 0.15) is 73.4 Å². The molecule has 4 aliphatic rings. The molecule has 0 amide bonds. The molecule has 37 heavy (non-hydrogen) atoms. The topological polar surface area (TPSA) is 71.8 Å². The number of carbonyl (C=O) groups is 1. The third kappa shape index (κ3) is 4.32. The number of imidazole rings is 1. The fourth-order valence-electron chi connectivity index (χ4n) is 8.44. The number of carbonyl (C=O) groups excluding carboxylic acids is 1. The highest BCUT2D eigenvalue weighted by atomic mass is 16.5. The van der Waals surface area contributed by atoms with Crippen LogP contribution in [0.15, 0.2) is 47.0 Å². The van der Waals surface area contributed by atoms with Crippen molar-refractivity contribution in [1.82, 2.24) is 15.1 Å². The van der Waals surface area contributed by atoms with E-state index in [-0.39, 0.29) is 0 Å². The first kappa shape index (κ1) is 22.9. The number of rotatable bonds is 7. The van der Waals surface area contributed by atoms with Crippen molar-refractivity contribution >= 4 is 16.8 Å². The van der Waals surface area contributed by atoms with Crippen molar-refractivity contribution in [3.05, 3.63) is 70.9 Å². The largest absolute Gasteiger partial charge is 0.361 e. The Labute approximate surface area is 218 Å². The molecule has 4 aromatic rings. The van der Waals surface area contributed by atoms with Crippen molar-refractivity contribution in [3.63, 3.8) is 0 Å². The third-order valence-electron chi connectivity index (χ3n) is 9.35. The summed E-state index contributed by atoms with van der Waals surface area (Å²) < 4.78 is 5.36. The third-order valence-corrected chi connectivity index (χ3v) is 9.35. The van der Waals surface area contributed by atoms with Crippen LogP contribution in [-0.2, 0) is 17.6 Å². The maximum absolute atomic E-state index is 13.2. The molecule has 4 fully saturated rings. The van der Waals surface area contributed by atoms with E-state index in [4.69, 9.17) is 9.51 Å². The molecular weight excluding hydrogens is 458 g/mol. The molecule has 0 saturated heterocycles. The minimum Gasteiger partial charge on any atom is -0.361 e. The molecule has 0 radical (unpaired) electrons. The van der Waals surface area contributed by atoms with Crippen LogP contribution in [0.25, 0.3) is 22.2 Å². The smallest absolute Gasteiger partial charge is 0.141 e. The zero-order chi connectivity index (χ0) is 25.1. The van der Waals surface area contributed by atoms with Gasteiger partial charge in [-0.05, 0) is 104 Å². The second-order valence-corrected chi connectivity index (χ2v) is 12.4. The van der Waals surface area contributed by atoms with E-state index in [1.807, 2.05) is 13.8 Å². The van der Waals surface area contributed by atoms with Crippen LogP contribution in [0, 0.1) is 37.0 Å². The summed E-state index contributed by atoms with van der Waals surface area (Å²) in [5.74, 6) is 4.86. The lowest BCUT2D eigenvalue weighted by Gasteiger charge is -2.56. The highest BCUT2D eigenvalue weighted by molar-refractivity contribution is 5.84. The SMILES string of the molecule is Cc1noc(C)c1-c1cccc(Cc2nc3ccc(CC(=O)CC45CC6CC(CC(C6)C4)C5)cc3[nH]2)c1. The maximum atomic E-state index is 13.2. The van der Waals surface area contributed by atoms with Crippen molar-refractivity contribution in [1.29, 1.82) is 0 Å². The number of ketones is 1. The molecule has 8 rings (SSSR count). The quantitative estimate of drug-likeness (QED) is 0.297. The van der Waals surface area contributed by atoms with E-state index in [1.165, 1.54) is 44.1 Å². The summed E-state index contributed by atoms with van der Waals surface area (Å²) in [5.41, 5.74) is 7.64. The van der Waals surface area contributed by atoms with Gasteiger partial charge in [-0.2, -0.15) is 0 Å². The van der Waals surface area contributed by atoms with Crippen LogP contribution >= 0.6 is 0 Å². The van der Waals surface area contributed by atoms with Gasteiger partial charge in [0.1, 0.15) is 17.4 Å². The van der Waals surface area contributed by atoms with Gasteiger partial charge in [0.25, 0.3) is 0 Å². The Morgan fingerprint density at radius 1 is 1.00 bits per heavy atom. The average molecular weight is 494 g/mol. The van der Waals surface area contributed by atoms with Gasteiger partial charge in [-0.25, -0.2) is 4.98 Å². The van der Waals surface area contributed by atoms with Crippen LogP contribution in [-0.4, -0.2) is 20.9 Å². The van der Waals surface area contributed by atoms with Gasteiger partial charge in [-0.3, -0.25) is 4.79 Å². The molecule has 0 spiro atoms. The van der Waals surface area contributed by atoms with Crippen molar-refractivity contribution in [3.8, 4) is 11.1 Å². The van der Waals surface area contributed by atoms with Gasteiger partial charge in [0.15, 0.2) is 0 Å². The number of nitrogens with one attached hydrogen (secondary N) is 1. The van der Waals surface area contributed by atoms with Gasteiger partial charge in [-0.1, -0.05) is 35.5 Å². The maximum Gasteiger partial charge on any atom is 0.141 e. The minimum absolute atomic E-state index is 0.315. The molecule has 4 bridgehead atoms. The average Bonchev–Trinajstić information content (AvgIpc) is 3.39. The first-order chi connectivity index (χ1) is 17.9. The Morgan fingerprint density at radius 3 is 2.46 bits per heavy atom. The summed E-state index contributed by atoms with van der Waals surface area (Å²) in [5, 5.41) is 4.10. The molecule has 2 aromatic carbocycles. The number of Topliss-reactive ketones (excluding diaryl/α,β-unsaturated/α-hetero) is 1. The van der Waals surface area contributed by atoms with Crippen LogP contribution in [0.3, 0.4) is 0 Å². The van der Waals surface area contributed by atoms with E-state index < -0.39 is 0 Å². The second-order valence-electron chi connectivity index (χ2n) is 12.4. The molecule has 190 valence electrons. The molecule has 2 aromatic heterocycles. The van der Waals surface area contributed by atoms with Gasteiger partial charge in [0.05, 0.1) is 16.7 Å². The predicted molar refractivity (Wildman–Crippen MR) is 144 cm³/mol. The molecule has 4 aliphatic carbocycles. The summed E-state index contributed by atoms with van der Waals surface area (Å²) in [6, 6.07) is 14.8. The van der Waals surface area contributed by atoms with Gasteiger partial charge < -0.3 is 9.51 Å². The number of H-pyrrole nitrogens is 1. The monoisotopic (exact) mass is 493 g/mol. The summed E-state index contributed by atoms with van der Waals surface area (Å²) in [6.45, 7) is 3.93. The lowest BCUT2D eigenvalue weighted by Crippen LogP contribution is -2.47. The summed E-state index contributed by atoms with van der Waals surface area (Å²) in [4.78, 5) is 21.6. The second kappa shape index (κ2) is 8.68. The fourth-order valence-corrected chi connectivity index (χ4v) is 8.44. The van der Waals surface area contributed by atoms with E-state index in [1.54, 1.807) is 0 Å². The number of fused-ring (bicyclic) bond motifs is 1. The van der Waals surface area contributed by atoms with Crippen LogP contribution < -0.4 is 0 Å². The zero-order valence-electron chi connectivity index (χ0n) is 21.8. The van der Waals surface area contributed by atoms with Crippen molar-refractivity contribution in [2.24, 2.45) is 23.2 Å². The molecule has 0 aliphatic heterocycles. The van der Waals surface area contributed by atoms with Crippen LogP contribution in [0.4, 0.5) is 0 Å². The van der Waals surface area contributed by atoms with E-state index >= 15 is 0 Å². The molecule has 4 saturated carbocycles. The Hall–Kier alpha value is -3.21. The highest BCUT2D eigenvalue weighted by Gasteiger charge is 2.51. The number of aromatic amines is 1. The van der Waals surface area contributed by atoms with E-state index in [0.29, 0.717) is 24.0 Å². The Balaban J connectivity index is 1.05. The van der Waals surface area contributed by atoms with Crippen molar-refractivity contribution in [2.45, 2.75) is 71.6 Å². The summed E-state index contributed by atoms with van der Waals surface area (Å²) in [6.07, 6.45) is 10.2. The van der Waals surface area contributed by atoms with Gasteiger partial charge in [0, 0.05) is 24.8 Å². The number of benzene rings is 2. The Morgan fingerprint density at radius 2 is 1.76 bits per heavy atom. The number of nitrogens with zero attached hydrogens (tertiary/aromatic N) is 2. The fraction of sp³-hybridized carbons (Fsp3) is 0.469. The highest BCUT2D eigenvalue weighted by Crippen LogP contribution is 2.61. The molecule has 1 N–H and O–H groups in total. The number of aromatic nitrogens is 3. The van der Waals surface area contributed by atoms with Gasteiger partial charge >= 0.3 is 0 Å². The predicted octanol–water partition coefficient (Wildman–Crippen LogP) is 7.14. The summed E-state index contributed by atoms with van der Waals surface area (Å²) >= 11 is 0. The zero-order valence-corrected chi connectivity index (χ0v) is 21.8. The first-order valence-corrected chi connectivity index (χ1v) is 13.9. The van der Waals surface area contributed by atoms with Crippen LogP contribution in [0.2, 0.25) is 0 Å². The van der Waals surface area contributed by atoms with E-state index in [0.717, 1.165) is 69.2 Å². The molecule has 0 atom stereocenters. The van der Waals surface area contributed by atoms with Gasteiger partial charge in [-0.15, -0.1) is 0 Å². The number of aryl methyl sites for hydroxylation is 2. The summed E-state index contributed by atoms with van der Waals surface area (Å²) in [7, 11) is 0. The Kier molecular flexibility index (Phi) is 5.38. The standard InChI is InChI=1S/C32H35N3O2/c1-19-31(20(2)37-35-19)26-5-3-4-21(11-26)14-30-33-28-7-6-22(13-29(28)34-30)12-27(36)18-32-15-23-8-24(16-32)10-25(9-23)17-32/h3-7,11,13,23-25H,8-10,12,14-18H2,1-2H3,(H,33,34). The van der Waals surface area contributed by atoms with Crippen molar-refractivity contribution in [2.75, 3.05) is 0 Å². The number of hydrogen-bond donors (Lipinski definition) is 1. The number of hydrogen-bond acceptors (Lipinski definition) is 4. The molecule has 5 nitrogen and oxygen atoms in total. The molecule has 5 heteroatoms. The Bertz CT molecular complexity index is 1440.